The Morgan fingerprint density at radius 3 is 2.31 bits per heavy atom. The van der Waals surface area contributed by atoms with Gasteiger partial charge in [-0.1, -0.05) is 0 Å². The molecular weight excluding hydrogens is 240 g/mol. The summed E-state index contributed by atoms with van der Waals surface area (Å²) in [6.45, 7) is 1.47. The second-order valence-electron chi connectivity index (χ2n) is 3.79. The van der Waals surface area contributed by atoms with E-state index in [1.54, 1.807) is 22.7 Å². The molecule has 1 aliphatic carbocycles. The van der Waals surface area contributed by atoms with Gasteiger partial charge in [-0.3, -0.25) is 4.79 Å². The van der Waals surface area contributed by atoms with Crippen molar-refractivity contribution < 1.29 is 9.53 Å². The molecule has 0 aromatic carbocycles. The van der Waals surface area contributed by atoms with Crippen molar-refractivity contribution in [3.63, 3.8) is 0 Å². The number of hydrogen-bond donors (Lipinski definition) is 0. The van der Waals surface area contributed by atoms with Crippen LogP contribution in [0.15, 0.2) is 22.9 Å². The molecule has 0 saturated carbocycles. The van der Waals surface area contributed by atoms with Crippen molar-refractivity contribution in [2.24, 2.45) is 0 Å². The van der Waals surface area contributed by atoms with Gasteiger partial charge in [0.2, 0.25) is 0 Å². The first-order chi connectivity index (χ1) is 7.75. The molecule has 82 valence electrons. The van der Waals surface area contributed by atoms with Crippen molar-refractivity contribution in [1.29, 1.82) is 0 Å². The molecule has 0 saturated heterocycles. The molecule has 0 unspecified atom stereocenters. The highest BCUT2D eigenvalue weighted by atomic mass is 32.1. The third-order valence-corrected chi connectivity index (χ3v) is 4.71. The molecule has 2 aromatic heterocycles. The van der Waals surface area contributed by atoms with E-state index < -0.39 is 0 Å². The summed E-state index contributed by atoms with van der Waals surface area (Å²) in [5, 5.41) is 4.13. The van der Waals surface area contributed by atoms with Crippen LogP contribution in [0.3, 0.4) is 0 Å². The van der Waals surface area contributed by atoms with Crippen LogP contribution in [0.1, 0.15) is 33.9 Å². The van der Waals surface area contributed by atoms with Crippen LogP contribution >= 0.6 is 22.7 Å². The maximum atomic E-state index is 11.2. The number of thiophene rings is 2. The molecule has 0 amide bonds. The van der Waals surface area contributed by atoms with Gasteiger partial charge in [0.1, 0.15) is 0 Å². The van der Waals surface area contributed by atoms with Gasteiger partial charge in [-0.25, -0.2) is 0 Å². The smallest absolute Gasteiger partial charge is 0.303 e. The van der Waals surface area contributed by atoms with Gasteiger partial charge in [-0.15, -0.1) is 22.7 Å². The molecule has 2 nitrogen and oxygen atoms in total. The van der Waals surface area contributed by atoms with E-state index in [2.05, 4.69) is 22.9 Å². The quantitative estimate of drug-likeness (QED) is 0.725. The van der Waals surface area contributed by atoms with Crippen LogP contribution in [0.4, 0.5) is 0 Å². The van der Waals surface area contributed by atoms with Crippen LogP contribution in [0.5, 0.6) is 0 Å². The minimum atomic E-state index is -0.217. The maximum absolute atomic E-state index is 11.2. The number of carbonyl (C=O) groups excluding carboxylic acids is 1. The molecule has 0 spiro atoms. The fourth-order valence-corrected chi connectivity index (χ4v) is 4.04. The van der Waals surface area contributed by atoms with Gasteiger partial charge in [0.15, 0.2) is 6.10 Å². The number of carbonyl (C=O) groups is 1. The molecule has 16 heavy (non-hydrogen) atoms. The van der Waals surface area contributed by atoms with E-state index in [4.69, 9.17) is 4.74 Å². The topological polar surface area (TPSA) is 26.3 Å². The van der Waals surface area contributed by atoms with Crippen molar-refractivity contribution >= 4 is 28.6 Å². The fourth-order valence-electron chi connectivity index (χ4n) is 2.04. The molecule has 1 aliphatic rings. The zero-order valence-electron chi connectivity index (χ0n) is 8.73. The van der Waals surface area contributed by atoms with E-state index in [-0.39, 0.29) is 12.1 Å². The van der Waals surface area contributed by atoms with E-state index in [9.17, 15) is 4.79 Å². The zero-order valence-corrected chi connectivity index (χ0v) is 10.4. The first-order valence-corrected chi connectivity index (χ1v) is 6.81. The molecule has 3 rings (SSSR count). The normalized spacial score (nSPS) is 14.3. The first-order valence-electron chi connectivity index (χ1n) is 5.05. The molecule has 0 atom stereocenters. The number of fused-ring (bicyclic) bond motifs is 2. The van der Waals surface area contributed by atoms with Crippen LogP contribution in [0.25, 0.3) is 0 Å². The van der Waals surface area contributed by atoms with Crippen LogP contribution in [-0.2, 0) is 16.0 Å². The predicted octanol–water partition coefficient (Wildman–Crippen LogP) is 3.37. The largest absolute Gasteiger partial charge is 0.451 e. The lowest BCUT2D eigenvalue weighted by Crippen LogP contribution is -2.14. The SMILES string of the molecule is CC(=O)OC1c2sccc2Cc2ccsc21. The Labute approximate surface area is 101 Å². The summed E-state index contributed by atoms with van der Waals surface area (Å²) >= 11 is 3.34. The highest BCUT2D eigenvalue weighted by Gasteiger charge is 2.29. The number of esters is 1. The second kappa shape index (κ2) is 3.71. The Balaban J connectivity index is 2.09. The third kappa shape index (κ3) is 1.49. The second-order valence-corrected chi connectivity index (χ2v) is 5.68. The molecule has 0 N–H and O–H groups in total. The van der Waals surface area contributed by atoms with Crippen molar-refractivity contribution in [2.75, 3.05) is 0 Å². The van der Waals surface area contributed by atoms with Gasteiger partial charge < -0.3 is 4.74 Å². The molecule has 0 radical (unpaired) electrons. The average Bonchev–Trinajstić information content (AvgIpc) is 2.83. The van der Waals surface area contributed by atoms with Gasteiger partial charge in [0, 0.05) is 6.92 Å². The van der Waals surface area contributed by atoms with Crippen molar-refractivity contribution in [1.82, 2.24) is 0 Å². The highest BCUT2D eigenvalue weighted by Crippen LogP contribution is 2.42. The van der Waals surface area contributed by atoms with Gasteiger partial charge in [0.25, 0.3) is 0 Å². The average molecular weight is 250 g/mol. The monoisotopic (exact) mass is 250 g/mol. The number of rotatable bonds is 1. The molecule has 0 aliphatic heterocycles. The molecular formula is C12H10O2S2. The summed E-state index contributed by atoms with van der Waals surface area (Å²) in [6.07, 6.45) is 0.798. The molecule has 0 fully saturated rings. The fraction of sp³-hybridized carbons (Fsp3) is 0.250. The summed E-state index contributed by atoms with van der Waals surface area (Å²) in [5.41, 5.74) is 2.59. The van der Waals surface area contributed by atoms with Gasteiger partial charge in [-0.05, 0) is 40.4 Å². The Morgan fingerprint density at radius 1 is 1.25 bits per heavy atom. The van der Waals surface area contributed by atoms with Crippen molar-refractivity contribution in [2.45, 2.75) is 19.4 Å². The van der Waals surface area contributed by atoms with Crippen molar-refractivity contribution in [3.05, 3.63) is 43.8 Å². The Morgan fingerprint density at radius 2 is 1.81 bits per heavy atom. The Bertz CT molecular complexity index is 498. The summed E-state index contributed by atoms with van der Waals surface area (Å²) in [4.78, 5) is 13.5. The highest BCUT2D eigenvalue weighted by molar-refractivity contribution is 7.12. The van der Waals surface area contributed by atoms with Gasteiger partial charge >= 0.3 is 5.97 Å². The number of ether oxygens (including phenoxy) is 1. The number of hydrogen-bond acceptors (Lipinski definition) is 4. The summed E-state index contributed by atoms with van der Waals surface area (Å²) in [7, 11) is 0. The molecule has 2 aromatic rings. The van der Waals surface area contributed by atoms with Crippen LogP contribution < -0.4 is 0 Å². The van der Waals surface area contributed by atoms with E-state index in [0.717, 1.165) is 6.42 Å². The summed E-state index contributed by atoms with van der Waals surface area (Å²) in [6, 6.07) is 4.24. The van der Waals surface area contributed by atoms with Crippen LogP contribution in [-0.4, -0.2) is 5.97 Å². The van der Waals surface area contributed by atoms with E-state index >= 15 is 0 Å². The standard InChI is InChI=1S/C12H10O2S2/c1-7(13)14-10-11-8(2-4-15-11)6-9-3-5-16-12(9)10/h2-5,10H,6H2,1H3. The Kier molecular flexibility index (Phi) is 2.33. The molecule has 4 heteroatoms. The van der Waals surface area contributed by atoms with Gasteiger partial charge in [0.05, 0.1) is 9.75 Å². The minimum Gasteiger partial charge on any atom is -0.451 e. The van der Waals surface area contributed by atoms with E-state index in [1.807, 2.05) is 0 Å². The predicted molar refractivity (Wildman–Crippen MR) is 65.1 cm³/mol. The van der Waals surface area contributed by atoms with E-state index in [1.165, 1.54) is 27.8 Å². The van der Waals surface area contributed by atoms with Gasteiger partial charge in [-0.2, -0.15) is 0 Å². The van der Waals surface area contributed by atoms with Crippen LogP contribution in [0.2, 0.25) is 0 Å². The maximum Gasteiger partial charge on any atom is 0.303 e. The Hall–Kier alpha value is -1.13. The van der Waals surface area contributed by atoms with E-state index in [0.29, 0.717) is 0 Å². The van der Waals surface area contributed by atoms with Crippen LogP contribution in [0, 0.1) is 0 Å². The lowest BCUT2D eigenvalue weighted by Gasteiger charge is -2.22. The third-order valence-electron chi connectivity index (χ3n) is 2.70. The first kappa shape index (κ1) is 10.1. The molecule has 2 heterocycles. The summed E-state index contributed by atoms with van der Waals surface area (Å²) < 4.78 is 5.44. The lowest BCUT2D eigenvalue weighted by molar-refractivity contribution is -0.144. The van der Waals surface area contributed by atoms with Crippen molar-refractivity contribution in [3.8, 4) is 0 Å². The minimum absolute atomic E-state index is 0.170. The summed E-state index contributed by atoms with van der Waals surface area (Å²) in [5.74, 6) is -0.217. The molecule has 0 bridgehead atoms. The zero-order chi connectivity index (χ0) is 11.1. The lowest BCUT2D eigenvalue weighted by atomic mass is 9.96.